The average Bonchev–Trinajstić information content (AvgIpc) is 3.28. The normalized spacial score (nSPS) is 15.2. The topological polar surface area (TPSA) is 55.0 Å². The number of nitrogens with zero attached hydrogens (tertiary/aromatic N) is 1. The summed E-state index contributed by atoms with van der Waals surface area (Å²) in [4.78, 5) is 12.5. The number of aromatic nitrogens is 2. The molecule has 4 nitrogen and oxygen atoms in total. The number of carbonyl (C=O) groups is 1. The molecule has 0 saturated carbocycles. The number of benzene rings is 1. The Bertz CT molecular complexity index is 965. The Kier molecular flexibility index (Phi) is 7.27. The maximum absolute atomic E-state index is 14.2. The summed E-state index contributed by atoms with van der Waals surface area (Å²) in [6.07, 6.45) is 7.69. The second-order valence-corrected chi connectivity index (χ2v) is 5.87. The van der Waals surface area contributed by atoms with Crippen molar-refractivity contribution in [3.63, 3.8) is 0 Å². The number of halogens is 1. The zero-order valence-corrected chi connectivity index (χ0v) is 16.7. The van der Waals surface area contributed by atoms with E-state index in [4.69, 9.17) is 4.74 Å². The van der Waals surface area contributed by atoms with Gasteiger partial charge in [0, 0.05) is 29.2 Å². The summed E-state index contributed by atoms with van der Waals surface area (Å²) >= 11 is 0. The molecule has 1 aliphatic rings. The smallest absolute Gasteiger partial charge is 0.189 e. The highest BCUT2D eigenvalue weighted by atomic mass is 19.1. The molecule has 0 bridgehead atoms. The summed E-state index contributed by atoms with van der Waals surface area (Å²) in [6.45, 7) is 9.63. The fraction of sp³-hybridized carbons (Fsp3) is 0.217. The Morgan fingerprint density at radius 3 is 2.64 bits per heavy atom. The fourth-order valence-corrected chi connectivity index (χ4v) is 2.96. The first-order valence-electron chi connectivity index (χ1n) is 9.20. The zero-order valence-electron chi connectivity index (χ0n) is 16.7. The van der Waals surface area contributed by atoms with Gasteiger partial charge in [-0.3, -0.25) is 9.89 Å². The van der Waals surface area contributed by atoms with Crippen LogP contribution >= 0.6 is 0 Å². The summed E-state index contributed by atoms with van der Waals surface area (Å²) in [5.41, 5.74) is 3.69. The number of carbonyl (C=O) groups excluding carboxylic acids is 1. The summed E-state index contributed by atoms with van der Waals surface area (Å²) in [5.74, 6) is -0.0157. The molecule has 0 radical (unpaired) electrons. The maximum atomic E-state index is 14.2. The summed E-state index contributed by atoms with van der Waals surface area (Å²) < 4.78 is 19.2. The molecule has 0 saturated heterocycles. The Labute approximate surface area is 165 Å². The van der Waals surface area contributed by atoms with Crippen molar-refractivity contribution in [1.29, 1.82) is 0 Å². The van der Waals surface area contributed by atoms with Crippen molar-refractivity contribution in [2.45, 2.75) is 27.2 Å². The molecule has 28 heavy (non-hydrogen) atoms. The van der Waals surface area contributed by atoms with E-state index >= 15 is 0 Å². The number of ether oxygens (including phenoxy) is 1. The van der Waals surface area contributed by atoms with E-state index < -0.39 is 5.82 Å². The average molecular weight is 380 g/mol. The van der Waals surface area contributed by atoms with Gasteiger partial charge in [0.2, 0.25) is 0 Å². The second kappa shape index (κ2) is 9.65. The predicted octanol–water partition coefficient (Wildman–Crippen LogP) is 5.67. The predicted molar refractivity (Wildman–Crippen MR) is 112 cm³/mol. The first kappa shape index (κ1) is 21.1. The molecule has 1 aliphatic carbocycles. The molecule has 0 aliphatic heterocycles. The highest BCUT2D eigenvalue weighted by Crippen LogP contribution is 2.31. The van der Waals surface area contributed by atoms with Gasteiger partial charge in [0.1, 0.15) is 11.6 Å². The van der Waals surface area contributed by atoms with Crippen LogP contribution in [0.1, 0.15) is 32.9 Å². The van der Waals surface area contributed by atoms with Crippen LogP contribution in [0, 0.1) is 5.82 Å². The van der Waals surface area contributed by atoms with E-state index in [-0.39, 0.29) is 5.78 Å². The number of H-pyrrole nitrogens is 1. The molecule has 3 rings (SSSR count). The van der Waals surface area contributed by atoms with E-state index in [0.29, 0.717) is 40.3 Å². The molecule has 0 atom stereocenters. The van der Waals surface area contributed by atoms with Gasteiger partial charge in [-0.25, -0.2) is 4.39 Å². The number of rotatable bonds is 5. The SMILES string of the molecule is C=CC1=C(/C=C\C)C/C(=C\c2cc(-c3ccc(OC)cc3F)n[nH]2)C1=O.CC. The highest BCUT2D eigenvalue weighted by molar-refractivity contribution is 6.16. The minimum Gasteiger partial charge on any atom is -0.497 e. The Hall–Kier alpha value is -3.21. The lowest BCUT2D eigenvalue weighted by Gasteiger charge is -2.02. The first-order valence-corrected chi connectivity index (χ1v) is 9.20. The Balaban J connectivity index is 0.00000136. The first-order chi connectivity index (χ1) is 13.6. The van der Waals surface area contributed by atoms with Crippen LogP contribution in [0.25, 0.3) is 17.3 Å². The van der Waals surface area contributed by atoms with Crippen LogP contribution < -0.4 is 4.74 Å². The number of methoxy groups -OCH3 is 1. The van der Waals surface area contributed by atoms with Gasteiger partial charge >= 0.3 is 0 Å². The van der Waals surface area contributed by atoms with Gasteiger partial charge in [-0.2, -0.15) is 5.10 Å². The van der Waals surface area contributed by atoms with Crippen molar-refractivity contribution in [3.05, 3.63) is 77.3 Å². The van der Waals surface area contributed by atoms with E-state index in [0.717, 1.165) is 5.57 Å². The minimum absolute atomic E-state index is 0.0418. The number of nitrogens with one attached hydrogen (secondary N) is 1. The molecule has 1 aromatic carbocycles. The van der Waals surface area contributed by atoms with Crippen LogP contribution in [-0.4, -0.2) is 23.1 Å². The standard InChI is InChI=1S/C21H19FN2O2.C2H6/c1-4-6-13-9-14(21(25)17(13)5-2)10-15-11-20(24-23-15)18-8-7-16(26-3)12-19(18)22;1-2/h4-8,10-12H,2,9H2,1,3H3,(H,23,24);1-2H3/b6-4-,14-10+;. The van der Waals surface area contributed by atoms with Gasteiger partial charge in [0.25, 0.3) is 0 Å². The lowest BCUT2D eigenvalue weighted by Crippen LogP contribution is -1.96. The lowest BCUT2D eigenvalue weighted by atomic mass is 10.1. The quantitative estimate of drug-likeness (QED) is 0.681. The van der Waals surface area contributed by atoms with Gasteiger partial charge in [-0.1, -0.05) is 38.7 Å². The van der Waals surface area contributed by atoms with Gasteiger partial charge in [-0.05, 0) is 36.8 Å². The third-order valence-electron chi connectivity index (χ3n) is 4.21. The third-order valence-corrected chi connectivity index (χ3v) is 4.21. The summed E-state index contributed by atoms with van der Waals surface area (Å²) in [6, 6.07) is 6.32. The number of hydrogen-bond donors (Lipinski definition) is 1. The molecule has 0 unspecified atom stereocenters. The van der Waals surface area contributed by atoms with Crippen molar-refractivity contribution < 1.29 is 13.9 Å². The zero-order chi connectivity index (χ0) is 20.7. The lowest BCUT2D eigenvalue weighted by molar-refractivity contribution is -0.111. The molecule has 2 aromatic rings. The van der Waals surface area contributed by atoms with Crippen molar-refractivity contribution in [2.75, 3.05) is 7.11 Å². The molecule has 0 fully saturated rings. The molecular weight excluding hydrogens is 355 g/mol. The molecule has 1 heterocycles. The molecule has 1 aromatic heterocycles. The van der Waals surface area contributed by atoms with Crippen LogP contribution in [0.15, 0.2) is 65.8 Å². The van der Waals surface area contributed by atoms with Crippen LogP contribution in [-0.2, 0) is 4.79 Å². The number of hydrogen-bond acceptors (Lipinski definition) is 3. The molecular formula is C23H25FN2O2. The van der Waals surface area contributed by atoms with Crippen molar-refractivity contribution in [2.24, 2.45) is 0 Å². The Morgan fingerprint density at radius 1 is 1.29 bits per heavy atom. The number of Topliss-reactive ketones (excluding diaryl/α,β-unsaturated/α-hetero) is 1. The third kappa shape index (κ3) is 4.36. The minimum atomic E-state index is -0.419. The Morgan fingerprint density at radius 2 is 2.04 bits per heavy atom. The van der Waals surface area contributed by atoms with Crippen LogP contribution in [0.4, 0.5) is 4.39 Å². The van der Waals surface area contributed by atoms with Gasteiger partial charge < -0.3 is 4.74 Å². The molecule has 0 spiro atoms. The van der Waals surface area contributed by atoms with Gasteiger partial charge in [0.15, 0.2) is 5.78 Å². The number of ketones is 1. The van der Waals surface area contributed by atoms with Crippen LogP contribution in [0.3, 0.4) is 0 Å². The van der Waals surface area contributed by atoms with Crippen molar-refractivity contribution >= 4 is 11.9 Å². The van der Waals surface area contributed by atoms with Crippen molar-refractivity contribution in [3.8, 4) is 17.0 Å². The number of allylic oxidation sites excluding steroid dienone is 6. The monoisotopic (exact) mass is 380 g/mol. The van der Waals surface area contributed by atoms with E-state index in [2.05, 4.69) is 16.8 Å². The van der Waals surface area contributed by atoms with Crippen molar-refractivity contribution in [1.82, 2.24) is 10.2 Å². The summed E-state index contributed by atoms with van der Waals surface area (Å²) in [5, 5.41) is 7.00. The molecule has 1 N–H and O–H groups in total. The molecule has 0 amide bonds. The van der Waals surface area contributed by atoms with E-state index in [1.165, 1.54) is 13.2 Å². The highest BCUT2D eigenvalue weighted by Gasteiger charge is 2.24. The van der Waals surface area contributed by atoms with Crippen LogP contribution in [0.5, 0.6) is 5.75 Å². The largest absolute Gasteiger partial charge is 0.497 e. The number of aromatic amines is 1. The van der Waals surface area contributed by atoms with E-state index in [1.807, 2.05) is 32.9 Å². The molecule has 146 valence electrons. The second-order valence-electron chi connectivity index (χ2n) is 5.87. The van der Waals surface area contributed by atoms with E-state index in [9.17, 15) is 9.18 Å². The molecule has 5 heteroatoms. The summed E-state index contributed by atoms with van der Waals surface area (Å²) in [7, 11) is 1.49. The fourth-order valence-electron chi connectivity index (χ4n) is 2.96. The van der Waals surface area contributed by atoms with Gasteiger partial charge in [-0.15, -0.1) is 0 Å². The van der Waals surface area contributed by atoms with E-state index in [1.54, 1.807) is 30.4 Å². The van der Waals surface area contributed by atoms with Crippen LogP contribution in [0.2, 0.25) is 0 Å². The maximum Gasteiger partial charge on any atom is 0.189 e. The van der Waals surface area contributed by atoms with Gasteiger partial charge in [0.05, 0.1) is 18.5 Å².